The fourth-order valence-corrected chi connectivity index (χ4v) is 1.59. The van der Waals surface area contributed by atoms with Crippen molar-refractivity contribution in [3.05, 3.63) is 49.5 Å². The molecule has 77 valence electrons. The molecule has 0 amide bonds. The van der Waals surface area contributed by atoms with E-state index in [4.69, 9.17) is 0 Å². The second-order valence-electron chi connectivity index (χ2n) is 3.58. The molecule has 0 atom stereocenters. The van der Waals surface area contributed by atoms with E-state index < -0.39 is 0 Å². The Morgan fingerprint density at radius 1 is 1.07 bits per heavy atom. The number of para-hydroxylation sites is 1. The van der Waals surface area contributed by atoms with Crippen LogP contribution in [0.1, 0.15) is 25.3 Å². The topological polar surface area (TPSA) is 12.9 Å². The third kappa shape index (κ3) is 3.09. The summed E-state index contributed by atoms with van der Waals surface area (Å²) in [6.45, 7) is 4.40. The zero-order valence-corrected chi connectivity index (χ0v) is 12.4. The van der Waals surface area contributed by atoms with Crippen LogP contribution in [0.4, 0.5) is 0 Å². The number of aromatic nitrogens is 1. The van der Waals surface area contributed by atoms with E-state index >= 15 is 0 Å². The van der Waals surface area contributed by atoms with Crippen molar-refractivity contribution < 1.29 is 32.7 Å². The molecule has 0 saturated heterocycles. The molecule has 0 saturated carbocycles. The van der Waals surface area contributed by atoms with Gasteiger partial charge in [-0.2, -0.15) is 0 Å². The maximum Gasteiger partial charge on any atom is 0.0736 e. The van der Waals surface area contributed by atoms with Gasteiger partial charge >= 0.3 is 0 Å². The first kappa shape index (κ1) is 14.7. The summed E-state index contributed by atoms with van der Waals surface area (Å²) in [6.07, 6.45) is 1.86. The van der Waals surface area contributed by atoms with Gasteiger partial charge in [0, 0.05) is 44.3 Å². The SMILES string of the molecule is CC(C)c1cccc2cccnc12.[CH3-].[Y]. The molecule has 2 rings (SSSR count). The third-order valence-electron chi connectivity index (χ3n) is 2.29. The van der Waals surface area contributed by atoms with Crippen LogP contribution >= 0.6 is 0 Å². The number of benzene rings is 1. The second kappa shape index (κ2) is 6.35. The molecule has 0 unspecified atom stereocenters. The Morgan fingerprint density at radius 2 is 1.73 bits per heavy atom. The molecule has 2 aromatic rings. The van der Waals surface area contributed by atoms with E-state index in [1.165, 1.54) is 10.9 Å². The van der Waals surface area contributed by atoms with E-state index in [9.17, 15) is 0 Å². The van der Waals surface area contributed by atoms with Crippen LogP contribution < -0.4 is 0 Å². The number of hydrogen-bond acceptors (Lipinski definition) is 1. The molecule has 1 aromatic heterocycles. The standard InChI is InChI=1S/C12H13N.CH3.Y/c1-9(2)11-7-3-5-10-6-4-8-13-12(10)11;;/h3-9H,1-2H3;1H3;/q;-1;. The summed E-state index contributed by atoms with van der Waals surface area (Å²) in [6, 6.07) is 10.4. The average Bonchev–Trinajstić information content (AvgIpc) is 2.17. The van der Waals surface area contributed by atoms with Gasteiger partial charge in [-0.3, -0.25) is 4.98 Å². The van der Waals surface area contributed by atoms with Crippen LogP contribution in [-0.2, 0) is 32.7 Å². The van der Waals surface area contributed by atoms with Gasteiger partial charge in [-0.1, -0.05) is 38.1 Å². The van der Waals surface area contributed by atoms with E-state index in [2.05, 4.69) is 43.1 Å². The van der Waals surface area contributed by atoms with Gasteiger partial charge in [-0.15, -0.1) is 0 Å². The van der Waals surface area contributed by atoms with Crippen LogP contribution in [0.2, 0.25) is 0 Å². The molecule has 2 heteroatoms. The van der Waals surface area contributed by atoms with Gasteiger partial charge in [-0.25, -0.2) is 0 Å². The maximum absolute atomic E-state index is 4.40. The predicted molar refractivity (Wildman–Crippen MR) is 62.2 cm³/mol. The monoisotopic (exact) mass is 275 g/mol. The van der Waals surface area contributed by atoms with Crippen LogP contribution in [0.5, 0.6) is 0 Å². The molecule has 1 heterocycles. The number of nitrogens with zero attached hydrogens (tertiary/aromatic N) is 1. The van der Waals surface area contributed by atoms with Crippen molar-refractivity contribution in [2.24, 2.45) is 0 Å². The Kier molecular flexibility index (Phi) is 6.23. The molecular weight excluding hydrogens is 259 g/mol. The molecule has 0 N–H and O–H groups in total. The summed E-state index contributed by atoms with van der Waals surface area (Å²) >= 11 is 0. The van der Waals surface area contributed by atoms with E-state index in [1.54, 1.807) is 0 Å². The van der Waals surface area contributed by atoms with Gasteiger partial charge in [0.05, 0.1) is 5.52 Å². The first-order valence-electron chi connectivity index (χ1n) is 4.62. The van der Waals surface area contributed by atoms with Gasteiger partial charge in [0.1, 0.15) is 0 Å². The van der Waals surface area contributed by atoms with Gasteiger partial charge < -0.3 is 7.43 Å². The number of pyridine rings is 1. The fraction of sp³-hybridized carbons (Fsp3) is 0.231. The molecule has 0 spiro atoms. The molecule has 15 heavy (non-hydrogen) atoms. The quantitative estimate of drug-likeness (QED) is 0.721. The molecule has 0 aliphatic heterocycles. The summed E-state index contributed by atoms with van der Waals surface area (Å²) < 4.78 is 0. The molecule has 1 radical (unpaired) electrons. The molecule has 0 aliphatic rings. The largest absolute Gasteiger partial charge is 0.358 e. The summed E-state index contributed by atoms with van der Waals surface area (Å²) in [5.41, 5.74) is 2.47. The summed E-state index contributed by atoms with van der Waals surface area (Å²) in [7, 11) is 0. The van der Waals surface area contributed by atoms with Crippen molar-refractivity contribution in [3.8, 4) is 0 Å². The van der Waals surface area contributed by atoms with Crippen molar-refractivity contribution in [1.82, 2.24) is 4.98 Å². The van der Waals surface area contributed by atoms with Crippen molar-refractivity contribution >= 4 is 10.9 Å². The van der Waals surface area contributed by atoms with Crippen molar-refractivity contribution in [2.45, 2.75) is 19.8 Å². The Morgan fingerprint density at radius 3 is 2.40 bits per heavy atom. The number of rotatable bonds is 1. The predicted octanol–water partition coefficient (Wildman–Crippen LogP) is 3.81. The minimum atomic E-state index is 0. The minimum absolute atomic E-state index is 0. The Labute approximate surface area is 117 Å². The minimum Gasteiger partial charge on any atom is -0.358 e. The van der Waals surface area contributed by atoms with Crippen LogP contribution in [0.25, 0.3) is 10.9 Å². The second-order valence-corrected chi connectivity index (χ2v) is 3.58. The first-order chi connectivity index (χ1) is 6.29. The van der Waals surface area contributed by atoms with E-state index in [-0.39, 0.29) is 40.1 Å². The van der Waals surface area contributed by atoms with Crippen LogP contribution in [0.3, 0.4) is 0 Å². The van der Waals surface area contributed by atoms with E-state index in [1.807, 2.05) is 12.3 Å². The molecule has 1 aromatic carbocycles. The van der Waals surface area contributed by atoms with Gasteiger partial charge in [-0.05, 0) is 17.5 Å². The summed E-state index contributed by atoms with van der Waals surface area (Å²) in [4.78, 5) is 4.40. The van der Waals surface area contributed by atoms with Crippen molar-refractivity contribution in [2.75, 3.05) is 0 Å². The molecule has 0 fully saturated rings. The zero-order chi connectivity index (χ0) is 9.26. The van der Waals surface area contributed by atoms with Crippen molar-refractivity contribution in [1.29, 1.82) is 0 Å². The first-order valence-corrected chi connectivity index (χ1v) is 4.62. The molecule has 1 nitrogen and oxygen atoms in total. The normalized spacial score (nSPS) is 9.53. The maximum atomic E-state index is 4.40. The van der Waals surface area contributed by atoms with Gasteiger partial charge in [0.15, 0.2) is 0 Å². The Bertz CT molecular complexity index is 418. The Balaban J connectivity index is 0.000000980. The summed E-state index contributed by atoms with van der Waals surface area (Å²) in [5.74, 6) is 0.540. The van der Waals surface area contributed by atoms with Gasteiger partial charge in [0.25, 0.3) is 0 Å². The van der Waals surface area contributed by atoms with E-state index in [0.717, 1.165) is 5.52 Å². The summed E-state index contributed by atoms with van der Waals surface area (Å²) in [5, 5.41) is 1.23. The molecule has 0 aliphatic carbocycles. The van der Waals surface area contributed by atoms with Crippen LogP contribution in [0.15, 0.2) is 36.5 Å². The van der Waals surface area contributed by atoms with Gasteiger partial charge in [0.2, 0.25) is 0 Å². The molecule has 0 bridgehead atoms. The third-order valence-corrected chi connectivity index (χ3v) is 2.29. The van der Waals surface area contributed by atoms with Crippen LogP contribution in [0, 0.1) is 7.43 Å². The zero-order valence-electron chi connectivity index (χ0n) is 9.57. The fourth-order valence-electron chi connectivity index (χ4n) is 1.59. The smallest absolute Gasteiger partial charge is 0.0736 e. The Hall–Kier alpha value is -0.266. The number of hydrogen-bond donors (Lipinski definition) is 0. The van der Waals surface area contributed by atoms with E-state index in [0.29, 0.717) is 5.92 Å². The van der Waals surface area contributed by atoms with Crippen molar-refractivity contribution in [3.63, 3.8) is 0 Å². The average molecular weight is 275 g/mol. The van der Waals surface area contributed by atoms with Crippen LogP contribution in [-0.4, -0.2) is 4.98 Å². The number of fused-ring (bicyclic) bond motifs is 1. The molecular formula is C13H16NY-.